The highest BCUT2D eigenvalue weighted by Crippen LogP contribution is 2.36. The molecule has 0 amide bonds. The third kappa shape index (κ3) is 6.28. The first-order valence-corrected chi connectivity index (χ1v) is 15.8. The van der Waals surface area contributed by atoms with E-state index in [9.17, 15) is 39.2 Å². The molecule has 4 N–H and O–H groups in total. The summed E-state index contributed by atoms with van der Waals surface area (Å²) in [6.45, 7) is 2.78. The van der Waals surface area contributed by atoms with Gasteiger partial charge >= 0.3 is 5.97 Å². The molecule has 12 nitrogen and oxygen atoms in total. The zero-order valence-electron chi connectivity index (χ0n) is 26.7. The maximum absolute atomic E-state index is 15.5. The summed E-state index contributed by atoms with van der Waals surface area (Å²) in [4.78, 5) is 41.6. The van der Waals surface area contributed by atoms with Crippen molar-refractivity contribution in [2.24, 2.45) is 0 Å². The Morgan fingerprint density at radius 2 is 1.57 bits per heavy atom. The average Bonchev–Trinajstić information content (AvgIpc) is 3.12. The lowest BCUT2D eigenvalue weighted by Crippen LogP contribution is -2.47. The molecule has 1 aliphatic rings. The van der Waals surface area contributed by atoms with E-state index in [-0.39, 0.29) is 51.2 Å². The summed E-state index contributed by atoms with van der Waals surface area (Å²) in [5.74, 6) is -3.85. The summed E-state index contributed by atoms with van der Waals surface area (Å²) in [5, 5.41) is 39.6. The van der Waals surface area contributed by atoms with Crippen molar-refractivity contribution in [2.45, 2.75) is 0 Å². The lowest BCUT2D eigenvalue weighted by Gasteiger charge is -2.36. The van der Waals surface area contributed by atoms with Crippen LogP contribution in [0.4, 0.5) is 14.5 Å². The Morgan fingerprint density at radius 1 is 0.824 bits per heavy atom. The number of ether oxygens (including phenoxy) is 1. The van der Waals surface area contributed by atoms with E-state index in [1.165, 1.54) is 59.2 Å². The monoisotopic (exact) mass is 697 g/mol. The smallest absolute Gasteiger partial charge is 0.341 e. The van der Waals surface area contributed by atoms with Gasteiger partial charge in [-0.25, -0.2) is 13.6 Å². The molecule has 0 aliphatic carbocycles. The zero-order chi connectivity index (χ0) is 36.0. The fourth-order valence-electron chi connectivity index (χ4n) is 6.16. The van der Waals surface area contributed by atoms with Gasteiger partial charge in [0.1, 0.15) is 35.1 Å². The number of piperazine rings is 1. The van der Waals surface area contributed by atoms with Crippen LogP contribution in [0.15, 0.2) is 93.0 Å². The maximum atomic E-state index is 15.5. The molecule has 0 radical (unpaired) electrons. The van der Waals surface area contributed by atoms with Crippen molar-refractivity contribution >= 4 is 33.5 Å². The number of rotatable bonds is 8. The van der Waals surface area contributed by atoms with E-state index in [2.05, 4.69) is 4.90 Å². The number of nitrogens with zero attached hydrogens (tertiary/aromatic N) is 3. The molecule has 2 aromatic heterocycles. The van der Waals surface area contributed by atoms with Crippen LogP contribution in [0.1, 0.15) is 10.4 Å². The molecule has 260 valence electrons. The highest BCUT2D eigenvalue weighted by molar-refractivity contribution is 5.94. The van der Waals surface area contributed by atoms with E-state index < -0.39 is 45.5 Å². The molecule has 51 heavy (non-hydrogen) atoms. The second-order valence-electron chi connectivity index (χ2n) is 12.0. The number of aromatic carboxylic acids is 1. The van der Waals surface area contributed by atoms with Crippen molar-refractivity contribution < 1.29 is 43.2 Å². The number of pyridine rings is 1. The van der Waals surface area contributed by atoms with Gasteiger partial charge in [-0.2, -0.15) is 0 Å². The predicted molar refractivity (Wildman–Crippen MR) is 183 cm³/mol. The Kier molecular flexibility index (Phi) is 8.53. The minimum absolute atomic E-state index is 0.114. The van der Waals surface area contributed by atoms with Crippen molar-refractivity contribution in [2.75, 3.05) is 44.2 Å². The molecule has 1 fully saturated rings. The number of hydrogen-bond donors (Lipinski definition) is 4. The number of carbonyl (C=O) groups is 1. The second-order valence-corrected chi connectivity index (χ2v) is 12.0. The molecule has 4 aromatic carbocycles. The number of hydrogen-bond acceptors (Lipinski definition) is 10. The molecule has 0 bridgehead atoms. The van der Waals surface area contributed by atoms with Gasteiger partial charge in [-0.1, -0.05) is 0 Å². The molecular formula is C37H29F2N3O9. The highest BCUT2D eigenvalue weighted by atomic mass is 19.1. The molecule has 0 saturated carbocycles. The number of carboxylic acid groups (broad SMARTS) is 1. The Morgan fingerprint density at radius 3 is 2.27 bits per heavy atom. The van der Waals surface area contributed by atoms with Crippen LogP contribution in [0.25, 0.3) is 38.9 Å². The second kappa shape index (κ2) is 13.1. The van der Waals surface area contributed by atoms with Crippen molar-refractivity contribution in [3.8, 4) is 40.0 Å². The number of benzene rings is 4. The maximum Gasteiger partial charge on any atom is 0.341 e. The number of aromatic hydroxyl groups is 3. The first-order valence-electron chi connectivity index (χ1n) is 15.8. The van der Waals surface area contributed by atoms with Gasteiger partial charge in [0.2, 0.25) is 16.6 Å². The minimum atomic E-state index is -1.46. The van der Waals surface area contributed by atoms with Gasteiger partial charge in [0, 0.05) is 61.6 Å². The Labute approximate surface area is 286 Å². The summed E-state index contributed by atoms with van der Waals surface area (Å²) in [5.41, 5.74) is -0.789. The van der Waals surface area contributed by atoms with Gasteiger partial charge in [0.05, 0.1) is 16.6 Å². The molecule has 1 saturated heterocycles. The number of phenols is 2. The predicted octanol–water partition coefficient (Wildman–Crippen LogP) is 5.06. The number of carboxylic acids is 1. The fraction of sp³-hybridized carbons (Fsp3) is 0.162. The van der Waals surface area contributed by atoms with Crippen molar-refractivity contribution in [3.63, 3.8) is 0 Å². The topological polar surface area (TPSA) is 166 Å². The van der Waals surface area contributed by atoms with E-state index in [4.69, 9.17) is 9.15 Å². The van der Waals surface area contributed by atoms with Gasteiger partial charge in [-0.15, -0.1) is 0 Å². The zero-order valence-corrected chi connectivity index (χ0v) is 26.7. The summed E-state index contributed by atoms with van der Waals surface area (Å²) in [6.07, 6.45) is 1.16. The third-order valence-electron chi connectivity index (χ3n) is 8.87. The van der Waals surface area contributed by atoms with Gasteiger partial charge in [-0.05, 0) is 66.7 Å². The summed E-state index contributed by atoms with van der Waals surface area (Å²) in [7, 11) is 0. The first kappa shape index (κ1) is 33.1. The molecule has 0 spiro atoms. The van der Waals surface area contributed by atoms with Crippen LogP contribution in [0.2, 0.25) is 0 Å². The molecule has 1 aliphatic heterocycles. The van der Waals surface area contributed by atoms with Crippen LogP contribution >= 0.6 is 0 Å². The number of halogens is 2. The van der Waals surface area contributed by atoms with Crippen molar-refractivity contribution in [3.05, 3.63) is 117 Å². The van der Waals surface area contributed by atoms with Gasteiger partial charge in [0.15, 0.2) is 17.3 Å². The van der Waals surface area contributed by atoms with Crippen molar-refractivity contribution in [1.82, 2.24) is 9.47 Å². The third-order valence-corrected chi connectivity index (χ3v) is 8.87. The number of anilines is 1. The quantitative estimate of drug-likeness (QED) is 0.157. The Bertz CT molecular complexity index is 2450. The first-order chi connectivity index (χ1) is 24.5. The molecule has 14 heteroatoms. The normalized spacial score (nSPS) is 13.6. The Hall–Kier alpha value is -6.41. The van der Waals surface area contributed by atoms with Crippen LogP contribution < -0.4 is 20.5 Å². The van der Waals surface area contributed by atoms with Crippen LogP contribution in [-0.2, 0) is 0 Å². The van der Waals surface area contributed by atoms with Gasteiger partial charge in [-0.3, -0.25) is 14.5 Å². The lowest BCUT2D eigenvalue weighted by molar-refractivity contribution is 0.0695. The molecule has 7 rings (SSSR count). The van der Waals surface area contributed by atoms with Gasteiger partial charge < -0.3 is 39.0 Å². The van der Waals surface area contributed by atoms with Crippen LogP contribution in [-0.4, -0.2) is 75.2 Å². The number of aromatic nitrogens is 1. The molecule has 0 unspecified atom stereocenters. The highest BCUT2D eigenvalue weighted by Gasteiger charge is 2.24. The van der Waals surface area contributed by atoms with E-state index in [0.717, 1.165) is 18.3 Å². The van der Waals surface area contributed by atoms with Crippen LogP contribution in [0, 0.1) is 11.6 Å². The van der Waals surface area contributed by atoms with E-state index in [1.807, 2.05) is 4.90 Å². The lowest BCUT2D eigenvalue weighted by atomic mass is 10.1. The van der Waals surface area contributed by atoms with Gasteiger partial charge in [0.25, 0.3) is 0 Å². The molecule has 6 aromatic rings. The van der Waals surface area contributed by atoms with Crippen LogP contribution in [0.5, 0.6) is 23.0 Å². The number of phenolic OH excluding ortho intramolecular Hbond substituents is 2. The van der Waals surface area contributed by atoms with Crippen LogP contribution in [0.3, 0.4) is 0 Å². The minimum Gasteiger partial charge on any atom is -0.504 e. The molecule has 3 heterocycles. The summed E-state index contributed by atoms with van der Waals surface area (Å²) >= 11 is 0. The standard InChI is InChI=1S/C37H29F2N3O9/c38-21-2-4-22(5-3-21)42-19-26(37(48)49)33(45)25-17-27(39)29(18-28(25)42)41-11-9-40(10-12-41)13-14-50-23-6-7-24-32(16-23)51-36(35(47)34(24)46)20-1-8-30(43)31(44)15-20/h1-8,15-19,43-44,47H,9-14H2,(H,48,49). The van der Waals surface area contributed by atoms with E-state index in [0.29, 0.717) is 44.2 Å². The Balaban J connectivity index is 1.05. The molecular weight excluding hydrogens is 668 g/mol. The number of fused-ring (bicyclic) bond motifs is 2. The summed E-state index contributed by atoms with van der Waals surface area (Å²) < 4.78 is 42.4. The van der Waals surface area contributed by atoms with E-state index >= 15 is 4.39 Å². The SMILES string of the molecule is O=C(O)c1cn(-c2ccc(F)cc2)c2cc(N3CCN(CCOc4ccc5c(=O)c(O)c(-c6ccc(O)c(O)c6)oc5c4)CC3)c(F)cc2c1=O. The molecule has 0 atom stereocenters. The van der Waals surface area contributed by atoms with Crippen molar-refractivity contribution in [1.29, 1.82) is 0 Å². The fourth-order valence-corrected chi connectivity index (χ4v) is 6.16. The van der Waals surface area contributed by atoms with E-state index in [1.54, 1.807) is 6.07 Å². The summed E-state index contributed by atoms with van der Waals surface area (Å²) in [6, 6.07) is 16.2. The largest absolute Gasteiger partial charge is 0.504 e. The average molecular weight is 698 g/mol.